The molecule has 1 atom stereocenters. The van der Waals surface area contributed by atoms with Crippen molar-refractivity contribution in [3.63, 3.8) is 0 Å². The van der Waals surface area contributed by atoms with Gasteiger partial charge in [0, 0.05) is 11.6 Å². The summed E-state index contributed by atoms with van der Waals surface area (Å²) in [6.07, 6.45) is 0.189. The lowest BCUT2D eigenvalue weighted by atomic mass is 9.95. The molecule has 3 aromatic rings. The Morgan fingerprint density at radius 2 is 1.90 bits per heavy atom. The summed E-state index contributed by atoms with van der Waals surface area (Å²) in [7, 11) is -3.89. The average molecular weight is 451 g/mol. The molecule has 2 aromatic carbocycles. The number of fused-ring (bicyclic) bond motifs is 1. The Kier molecular flexibility index (Phi) is 5.44. The maximum absolute atomic E-state index is 14.1. The Bertz CT molecular complexity index is 1170. The monoisotopic (exact) mass is 450 g/mol. The van der Waals surface area contributed by atoms with Crippen molar-refractivity contribution >= 4 is 44.6 Å². The maximum Gasteiger partial charge on any atom is 0.253 e. The van der Waals surface area contributed by atoms with E-state index in [4.69, 9.17) is 11.6 Å². The number of rotatable bonds is 4. The van der Waals surface area contributed by atoms with Gasteiger partial charge in [-0.05, 0) is 47.2 Å². The van der Waals surface area contributed by atoms with Crippen molar-refractivity contribution in [2.45, 2.75) is 23.2 Å². The van der Waals surface area contributed by atoms with E-state index in [0.29, 0.717) is 0 Å². The predicted octanol–water partition coefficient (Wildman–Crippen LogP) is 4.29. The van der Waals surface area contributed by atoms with Crippen LogP contribution in [0.25, 0.3) is 0 Å². The number of amides is 1. The molecule has 1 unspecified atom stereocenters. The van der Waals surface area contributed by atoms with Crippen molar-refractivity contribution in [2.75, 3.05) is 5.32 Å². The van der Waals surface area contributed by atoms with Gasteiger partial charge in [0.25, 0.3) is 10.0 Å². The topological polar surface area (TPSA) is 66.5 Å². The first-order valence-electron chi connectivity index (χ1n) is 8.74. The lowest BCUT2D eigenvalue weighted by molar-refractivity contribution is -0.120. The molecule has 1 aliphatic heterocycles. The van der Waals surface area contributed by atoms with Crippen LogP contribution in [0.4, 0.5) is 10.1 Å². The fourth-order valence-electron chi connectivity index (χ4n) is 3.31. The molecule has 0 saturated heterocycles. The molecule has 150 valence electrons. The molecule has 1 N–H and O–H groups in total. The van der Waals surface area contributed by atoms with Crippen molar-refractivity contribution in [3.8, 4) is 0 Å². The van der Waals surface area contributed by atoms with Gasteiger partial charge in [-0.1, -0.05) is 41.9 Å². The van der Waals surface area contributed by atoms with Crippen LogP contribution in [0.2, 0.25) is 5.02 Å². The third-order valence-electron chi connectivity index (χ3n) is 4.75. The highest BCUT2D eigenvalue weighted by Gasteiger charge is 2.40. The number of thiophene rings is 1. The number of anilines is 1. The standard InChI is InChI=1S/C20H16ClFN2O3S2/c21-15-7-8-16(22)17(11-15)23-20(25)18-10-13-4-1-2-5-14(13)12-24(18)29(26,27)19-6-3-9-28-19/h1-9,11,18H,10,12H2,(H,23,25). The van der Waals surface area contributed by atoms with Crippen LogP contribution in [0.5, 0.6) is 0 Å². The largest absolute Gasteiger partial charge is 0.322 e. The second kappa shape index (κ2) is 7.87. The van der Waals surface area contributed by atoms with E-state index in [1.165, 1.54) is 22.5 Å². The molecule has 0 fully saturated rings. The highest BCUT2D eigenvalue weighted by atomic mass is 35.5. The summed E-state index contributed by atoms with van der Waals surface area (Å²) in [5.41, 5.74) is 1.64. The fraction of sp³-hybridized carbons (Fsp3) is 0.150. The van der Waals surface area contributed by atoms with E-state index < -0.39 is 27.8 Å². The van der Waals surface area contributed by atoms with Gasteiger partial charge < -0.3 is 5.32 Å². The number of sulfonamides is 1. The smallest absolute Gasteiger partial charge is 0.253 e. The van der Waals surface area contributed by atoms with Crippen LogP contribution >= 0.6 is 22.9 Å². The third kappa shape index (κ3) is 3.93. The van der Waals surface area contributed by atoms with Crippen molar-refractivity contribution in [2.24, 2.45) is 0 Å². The Hall–Kier alpha value is -2.26. The minimum Gasteiger partial charge on any atom is -0.322 e. The van der Waals surface area contributed by atoms with E-state index in [1.54, 1.807) is 11.4 Å². The number of nitrogens with zero attached hydrogens (tertiary/aromatic N) is 1. The zero-order valence-corrected chi connectivity index (χ0v) is 17.4. The van der Waals surface area contributed by atoms with Gasteiger partial charge in [-0.15, -0.1) is 11.3 Å². The number of carbonyl (C=O) groups is 1. The molecule has 9 heteroatoms. The zero-order valence-electron chi connectivity index (χ0n) is 15.0. The van der Waals surface area contributed by atoms with Crippen LogP contribution in [0.15, 0.2) is 64.2 Å². The highest BCUT2D eigenvalue weighted by molar-refractivity contribution is 7.91. The number of hydrogen-bond donors (Lipinski definition) is 1. The first-order valence-corrected chi connectivity index (χ1v) is 11.4. The number of carbonyl (C=O) groups excluding carboxylic acids is 1. The molecule has 0 bridgehead atoms. The molecule has 1 amide bonds. The van der Waals surface area contributed by atoms with Gasteiger partial charge in [0.1, 0.15) is 16.1 Å². The van der Waals surface area contributed by atoms with E-state index in [-0.39, 0.29) is 27.9 Å². The van der Waals surface area contributed by atoms with Crippen molar-refractivity contribution in [1.29, 1.82) is 0 Å². The number of benzene rings is 2. The Labute approximate surface area is 176 Å². The van der Waals surface area contributed by atoms with E-state index in [0.717, 1.165) is 28.5 Å². The van der Waals surface area contributed by atoms with Crippen LogP contribution in [0.1, 0.15) is 11.1 Å². The summed E-state index contributed by atoms with van der Waals surface area (Å²) in [5, 5.41) is 4.43. The molecule has 0 spiro atoms. The van der Waals surface area contributed by atoms with Gasteiger partial charge in [-0.2, -0.15) is 4.31 Å². The minimum absolute atomic E-state index is 0.0620. The van der Waals surface area contributed by atoms with Crippen LogP contribution in [-0.4, -0.2) is 24.7 Å². The summed E-state index contributed by atoms with van der Waals surface area (Å²) in [5.74, 6) is -1.26. The molecule has 0 saturated carbocycles. The minimum atomic E-state index is -3.89. The summed E-state index contributed by atoms with van der Waals surface area (Å²) < 4.78 is 41.8. The third-order valence-corrected chi connectivity index (χ3v) is 8.22. The molecule has 0 aliphatic carbocycles. The Morgan fingerprint density at radius 1 is 1.14 bits per heavy atom. The van der Waals surface area contributed by atoms with Crippen molar-refractivity contribution < 1.29 is 17.6 Å². The SMILES string of the molecule is O=C(Nc1cc(Cl)ccc1F)C1Cc2ccccc2CN1S(=O)(=O)c1cccs1. The molecular weight excluding hydrogens is 435 g/mol. The van der Waals surface area contributed by atoms with E-state index in [2.05, 4.69) is 5.32 Å². The lowest BCUT2D eigenvalue weighted by Gasteiger charge is -2.34. The fourth-order valence-corrected chi connectivity index (χ4v) is 6.17. The number of hydrogen-bond acceptors (Lipinski definition) is 4. The summed E-state index contributed by atoms with van der Waals surface area (Å²) >= 11 is 6.99. The van der Waals surface area contributed by atoms with Gasteiger partial charge in [-0.3, -0.25) is 4.79 Å². The van der Waals surface area contributed by atoms with Crippen LogP contribution in [0.3, 0.4) is 0 Å². The van der Waals surface area contributed by atoms with E-state index in [1.807, 2.05) is 24.3 Å². The Morgan fingerprint density at radius 3 is 2.62 bits per heavy atom. The molecule has 0 radical (unpaired) electrons. The molecular formula is C20H16ClFN2O3S2. The van der Waals surface area contributed by atoms with Gasteiger partial charge in [0.05, 0.1) is 5.69 Å². The normalized spacial score (nSPS) is 17.0. The van der Waals surface area contributed by atoms with Gasteiger partial charge in [0.2, 0.25) is 5.91 Å². The first kappa shape index (κ1) is 20.0. The number of halogens is 2. The molecule has 29 heavy (non-hydrogen) atoms. The predicted molar refractivity (Wildman–Crippen MR) is 111 cm³/mol. The van der Waals surface area contributed by atoms with Crippen molar-refractivity contribution in [1.82, 2.24) is 4.31 Å². The van der Waals surface area contributed by atoms with Crippen molar-refractivity contribution in [3.05, 3.63) is 81.9 Å². The zero-order chi connectivity index (χ0) is 20.6. The van der Waals surface area contributed by atoms with Crippen LogP contribution < -0.4 is 5.32 Å². The second-order valence-electron chi connectivity index (χ2n) is 6.58. The second-order valence-corrected chi connectivity index (χ2v) is 10.1. The molecule has 5 nitrogen and oxygen atoms in total. The van der Waals surface area contributed by atoms with Gasteiger partial charge >= 0.3 is 0 Å². The van der Waals surface area contributed by atoms with Gasteiger partial charge in [-0.25, -0.2) is 12.8 Å². The average Bonchev–Trinajstić information content (AvgIpc) is 3.25. The summed E-state index contributed by atoms with van der Waals surface area (Å²) in [6.45, 7) is 0.0620. The van der Waals surface area contributed by atoms with Crippen LogP contribution in [-0.2, 0) is 27.8 Å². The molecule has 1 aliphatic rings. The van der Waals surface area contributed by atoms with Crippen LogP contribution in [0, 0.1) is 5.82 Å². The Balaban J connectivity index is 1.72. The number of nitrogens with one attached hydrogen (secondary N) is 1. The van der Waals surface area contributed by atoms with Gasteiger partial charge in [0.15, 0.2) is 0 Å². The highest BCUT2D eigenvalue weighted by Crippen LogP contribution is 2.31. The molecule has 1 aromatic heterocycles. The quantitative estimate of drug-likeness (QED) is 0.644. The van der Waals surface area contributed by atoms with E-state index >= 15 is 0 Å². The maximum atomic E-state index is 14.1. The lowest BCUT2D eigenvalue weighted by Crippen LogP contribution is -2.50. The molecule has 2 heterocycles. The van der Waals surface area contributed by atoms with E-state index in [9.17, 15) is 17.6 Å². The summed E-state index contributed by atoms with van der Waals surface area (Å²) in [4.78, 5) is 13.0. The summed E-state index contributed by atoms with van der Waals surface area (Å²) in [6, 6.07) is 13.3. The first-order chi connectivity index (χ1) is 13.9. The molecule has 4 rings (SSSR count).